The quantitative estimate of drug-likeness (QED) is 0.349. The molecule has 0 spiro atoms. The van der Waals surface area contributed by atoms with E-state index in [0.29, 0.717) is 23.4 Å². The Hall–Kier alpha value is -2.30. The summed E-state index contributed by atoms with van der Waals surface area (Å²) in [6.07, 6.45) is 11.8. The topological polar surface area (TPSA) is 75.4 Å². The van der Waals surface area contributed by atoms with Gasteiger partial charge in [0.1, 0.15) is 17.7 Å². The van der Waals surface area contributed by atoms with E-state index in [2.05, 4.69) is 17.4 Å². The van der Waals surface area contributed by atoms with Gasteiger partial charge in [0.25, 0.3) is 0 Å². The number of rotatable bonds is 11. The van der Waals surface area contributed by atoms with E-state index in [4.69, 9.17) is 4.52 Å². The van der Waals surface area contributed by atoms with Crippen molar-refractivity contribution in [3.63, 3.8) is 0 Å². The fourth-order valence-corrected chi connectivity index (χ4v) is 2.84. The van der Waals surface area contributed by atoms with Crippen LogP contribution in [0, 0.1) is 0 Å². The van der Waals surface area contributed by atoms with Gasteiger partial charge in [-0.25, -0.2) is 0 Å². The van der Waals surface area contributed by atoms with Crippen LogP contribution in [0.25, 0.3) is 11.3 Å². The molecule has 2 aromatic rings. The molecule has 0 saturated carbocycles. The fraction of sp³-hybridized carbons (Fsp3) is 0.474. The molecule has 1 aromatic heterocycles. The highest BCUT2D eigenvalue weighted by Gasteiger charge is 2.16. The molecule has 1 amide bonds. The molecule has 130 valence electrons. The number of carbonyl (C=O) groups excluding carboxylic acids is 1. The Kier molecular flexibility index (Phi) is 7.33. The van der Waals surface area contributed by atoms with Crippen LogP contribution in [-0.4, -0.2) is 16.7 Å². The molecule has 5 nitrogen and oxygen atoms in total. The van der Waals surface area contributed by atoms with Gasteiger partial charge in [-0.2, -0.15) is 0 Å². The molecule has 0 radical (unpaired) electrons. The lowest BCUT2D eigenvalue weighted by Gasteiger charge is -2.08. The number of unbranched alkanes of at least 4 members (excludes halogenated alkanes) is 6. The van der Waals surface area contributed by atoms with Gasteiger partial charge in [-0.05, 0) is 25.0 Å². The first kappa shape index (κ1) is 18.0. The number of nitrogens with zero attached hydrogens (tertiary/aromatic N) is 1. The zero-order valence-corrected chi connectivity index (χ0v) is 14.3. The van der Waals surface area contributed by atoms with E-state index >= 15 is 0 Å². The van der Waals surface area contributed by atoms with Crippen molar-refractivity contribution in [3.8, 4) is 17.0 Å². The smallest absolute Gasteiger partial charge is 0.211 e. The number of amides is 1. The molecule has 0 unspecified atom stereocenters. The Balaban J connectivity index is 1.95. The Bertz CT molecular complexity index is 637. The van der Waals surface area contributed by atoms with Gasteiger partial charge in [-0.15, -0.1) is 0 Å². The maximum atomic E-state index is 10.6. The van der Waals surface area contributed by atoms with Crippen molar-refractivity contribution in [2.24, 2.45) is 0 Å². The molecular formula is C19H26N2O3. The van der Waals surface area contributed by atoms with E-state index in [1.165, 1.54) is 38.5 Å². The summed E-state index contributed by atoms with van der Waals surface area (Å²) < 4.78 is 5.11. The molecule has 1 heterocycles. The lowest BCUT2D eigenvalue weighted by molar-refractivity contribution is -0.105. The lowest BCUT2D eigenvalue weighted by atomic mass is 10.0. The van der Waals surface area contributed by atoms with E-state index in [-0.39, 0.29) is 5.75 Å². The maximum absolute atomic E-state index is 10.6. The fourth-order valence-electron chi connectivity index (χ4n) is 2.84. The number of hydrogen-bond donors (Lipinski definition) is 2. The Morgan fingerprint density at radius 2 is 1.92 bits per heavy atom. The van der Waals surface area contributed by atoms with Gasteiger partial charge in [-0.3, -0.25) is 4.79 Å². The zero-order chi connectivity index (χ0) is 17.2. The third-order valence-corrected chi connectivity index (χ3v) is 4.20. The van der Waals surface area contributed by atoms with Crippen molar-refractivity contribution < 1.29 is 14.4 Å². The second-order valence-electron chi connectivity index (χ2n) is 6.02. The van der Waals surface area contributed by atoms with Crippen molar-refractivity contribution >= 4 is 12.1 Å². The van der Waals surface area contributed by atoms with Crippen LogP contribution in [0.2, 0.25) is 0 Å². The summed E-state index contributed by atoms with van der Waals surface area (Å²) in [7, 11) is 0. The molecule has 0 atom stereocenters. The Morgan fingerprint density at radius 1 is 1.17 bits per heavy atom. The van der Waals surface area contributed by atoms with Gasteiger partial charge < -0.3 is 14.9 Å². The molecule has 1 aromatic carbocycles. The maximum Gasteiger partial charge on any atom is 0.211 e. The normalized spacial score (nSPS) is 10.7. The van der Waals surface area contributed by atoms with E-state index in [9.17, 15) is 9.90 Å². The number of phenolic OH excluding ortho intramolecular Hbond substituents is 1. The SMILES string of the molecule is CCCCCCCCCc1conc1-c1cccc(NC=O)c1O. The number of nitrogens with one attached hydrogen (secondary N) is 1. The number of aromatic hydroxyl groups is 1. The molecule has 2 rings (SSSR count). The minimum atomic E-state index is 0.0133. The monoisotopic (exact) mass is 330 g/mol. The van der Waals surface area contributed by atoms with Crippen molar-refractivity contribution in [1.29, 1.82) is 0 Å². The summed E-state index contributed by atoms with van der Waals surface area (Å²) >= 11 is 0. The lowest BCUT2D eigenvalue weighted by Crippen LogP contribution is -1.96. The average Bonchev–Trinajstić information content (AvgIpc) is 3.04. The predicted molar refractivity (Wildman–Crippen MR) is 95.0 cm³/mol. The molecule has 2 N–H and O–H groups in total. The van der Waals surface area contributed by atoms with Crippen LogP contribution >= 0.6 is 0 Å². The summed E-state index contributed by atoms with van der Waals surface area (Å²) in [6, 6.07) is 5.19. The first-order chi connectivity index (χ1) is 11.8. The summed E-state index contributed by atoms with van der Waals surface area (Å²) in [5.41, 5.74) is 2.58. The largest absolute Gasteiger partial charge is 0.505 e. The van der Waals surface area contributed by atoms with E-state index in [1.54, 1.807) is 24.5 Å². The number of hydrogen-bond acceptors (Lipinski definition) is 4. The van der Waals surface area contributed by atoms with E-state index in [1.807, 2.05) is 0 Å². The zero-order valence-electron chi connectivity index (χ0n) is 14.3. The van der Waals surface area contributed by atoms with Crippen LogP contribution in [-0.2, 0) is 11.2 Å². The summed E-state index contributed by atoms with van der Waals surface area (Å²) in [5.74, 6) is 0.0133. The average molecular weight is 330 g/mol. The van der Waals surface area contributed by atoms with Crippen LogP contribution in [0.5, 0.6) is 5.75 Å². The minimum Gasteiger partial charge on any atom is -0.505 e. The summed E-state index contributed by atoms with van der Waals surface area (Å²) in [5, 5.41) is 16.8. The standard InChI is InChI=1S/C19H26N2O3/c1-2-3-4-5-6-7-8-10-15-13-24-21-18(15)16-11-9-12-17(19(16)23)20-14-22/h9,11-14,23H,2-8,10H2,1H3,(H,20,22). The predicted octanol–water partition coefficient (Wildman–Crippen LogP) is 4.91. The number of para-hydroxylation sites is 1. The molecule has 0 bridgehead atoms. The summed E-state index contributed by atoms with van der Waals surface area (Å²) in [6.45, 7) is 2.22. The van der Waals surface area contributed by atoms with Crippen LogP contribution < -0.4 is 5.32 Å². The Labute approximate surface area is 143 Å². The van der Waals surface area contributed by atoms with Crippen molar-refractivity contribution in [1.82, 2.24) is 5.16 Å². The van der Waals surface area contributed by atoms with Crippen LogP contribution in [0.1, 0.15) is 57.4 Å². The van der Waals surface area contributed by atoms with Crippen LogP contribution in [0.3, 0.4) is 0 Å². The summed E-state index contributed by atoms with van der Waals surface area (Å²) in [4.78, 5) is 10.6. The van der Waals surface area contributed by atoms with Crippen molar-refractivity contribution in [3.05, 3.63) is 30.0 Å². The van der Waals surface area contributed by atoms with E-state index < -0.39 is 0 Å². The number of phenols is 1. The van der Waals surface area contributed by atoms with Gasteiger partial charge in [0, 0.05) is 11.1 Å². The highest BCUT2D eigenvalue weighted by Crippen LogP contribution is 2.36. The highest BCUT2D eigenvalue weighted by molar-refractivity contribution is 5.83. The molecule has 0 saturated heterocycles. The molecule has 5 heteroatoms. The minimum absolute atomic E-state index is 0.0133. The molecule has 0 aliphatic heterocycles. The second-order valence-corrected chi connectivity index (χ2v) is 6.02. The van der Waals surface area contributed by atoms with Gasteiger partial charge >= 0.3 is 0 Å². The molecule has 24 heavy (non-hydrogen) atoms. The van der Waals surface area contributed by atoms with Crippen molar-refractivity contribution in [2.45, 2.75) is 58.3 Å². The van der Waals surface area contributed by atoms with Crippen LogP contribution in [0.15, 0.2) is 29.0 Å². The molecular weight excluding hydrogens is 304 g/mol. The molecule has 0 fully saturated rings. The number of aromatic nitrogens is 1. The second kappa shape index (κ2) is 9.75. The number of aryl methyl sites for hydroxylation is 1. The molecule has 0 aliphatic rings. The first-order valence-electron chi connectivity index (χ1n) is 8.73. The number of benzene rings is 1. The van der Waals surface area contributed by atoms with Gasteiger partial charge in [0.05, 0.1) is 5.69 Å². The third kappa shape index (κ3) is 4.85. The third-order valence-electron chi connectivity index (χ3n) is 4.20. The van der Waals surface area contributed by atoms with Gasteiger partial charge in [0.2, 0.25) is 6.41 Å². The van der Waals surface area contributed by atoms with Gasteiger partial charge in [-0.1, -0.05) is 56.7 Å². The van der Waals surface area contributed by atoms with E-state index in [0.717, 1.165) is 18.4 Å². The van der Waals surface area contributed by atoms with Crippen molar-refractivity contribution in [2.75, 3.05) is 5.32 Å². The van der Waals surface area contributed by atoms with Gasteiger partial charge in [0.15, 0.2) is 0 Å². The Morgan fingerprint density at radius 3 is 2.67 bits per heavy atom. The number of anilines is 1. The number of carbonyl (C=O) groups is 1. The molecule has 0 aliphatic carbocycles. The highest BCUT2D eigenvalue weighted by atomic mass is 16.5. The first-order valence-corrected chi connectivity index (χ1v) is 8.73. The van der Waals surface area contributed by atoms with Crippen LogP contribution in [0.4, 0.5) is 5.69 Å².